The standard InChI is InChI=1S/C40H60N4O5/c1-9-28(4)36(42-38(46)35-20-13-14-23-43(35)6)39(47)44(7)34(27(2)3)22-21-31-18-15-19-32(25-31)37(45)41-33(24-29(5)40(48)49-8)26-30-16-11-10-12-17-30/h10-12,15-19,25,27-29,33-36H,9,13-14,20-24,26H2,1-8H3,(H,41,45)(H,42,46)/t28-,29-,33+,34+,35+,36-/m0/s1. The molecule has 9 heteroatoms. The van der Waals surface area contributed by atoms with E-state index in [1.54, 1.807) is 6.07 Å². The van der Waals surface area contributed by atoms with E-state index in [0.29, 0.717) is 31.2 Å². The number of hydrogen-bond donors (Lipinski definition) is 2. The van der Waals surface area contributed by atoms with Gasteiger partial charge in [-0.1, -0.05) is 89.9 Å². The normalized spacial score (nSPS) is 18.1. The van der Waals surface area contributed by atoms with Crippen LogP contribution in [0.1, 0.15) is 94.6 Å². The molecule has 0 bridgehead atoms. The fraction of sp³-hybridized carbons (Fsp3) is 0.600. The van der Waals surface area contributed by atoms with Crippen LogP contribution in [0.5, 0.6) is 0 Å². The zero-order valence-electron chi connectivity index (χ0n) is 31.0. The predicted molar refractivity (Wildman–Crippen MR) is 195 cm³/mol. The molecule has 9 nitrogen and oxygen atoms in total. The lowest BCUT2D eigenvalue weighted by atomic mass is 9.92. The number of rotatable bonds is 17. The predicted octanol–water partition coefficient (Wildman–Crippen LogP) is 5.66. The van der Waals surface area contributed by atoms with Crippen molar-refractivity contribution in [1.29, 1.82) is 0 Å². The average molecular weight is 677 g/mol. The number of nitrogens with one attached hydrogen (secondary N) is 2. The molecule has 1 fully saturated rings. The summed E-state index contributed by atoms with van der Waals surface area (Å²) in [6.45, 7) is 11.0. The first-order valence-corrected chi connectivity index (χ1v) is 18.1. The number of hydrogen-bond acceptors (Lipinski definition) is 6. The van der Waals surface area contributed by atoms with Gasteiger partial charge in [0.25, 0.3) is 5.91 Å². The van der Waals surface area contributed by atoms with Gasteiger partial charge in [0.2, 0.25) is 11.8 Å². The number of amides is 3. The molecule has 1 aliphatic heterocycles. The van der Waals surface area contributed by atoms with Crippen molar-refractivity contribution in [2.75, 3.05) is 27.7 Å². The van der Waals surface area contributed by atoms with Gasteiger partial charge in [-0.15, -0.1) is 0 Å². The Balaban J connectivity index is 1.70. The van der Waals surface area contributed by atoms with E-state index in [-0.39, 0.29) is 59.6 Å². The molecule has 0 spiro atoms. The van der Waals surface area contributed by atoms with E-state index in [1.165, 1.54) is 7.11 Å². The van der Waals surface area contributed by atoms with Crippen molar-refractivity contribution in [3.63, 3.8) is 0 Å². The van der Waals surface area contributed by atoms with Crippen molar-refractivity contribution < 1.29 is 23.9 Å². The van der Waals surface area contributed by atoms with Crippen LogP contribution in [0.3, 0.4) is 0 Å². The Hall–Kier alpha value is -3.72. The molecule has 270 valence electrons. The van der Waals surface area contributed by atoms with Crippen molar-refractivity contribution in [2.45, 2.75) is 110 Å². The lowest BCUT2D eigenvalue weighted by Crippen LogP contribution is -2.57. The maximum atomic E-state index is 14.0. The highest BCUT2D eigenvalue weighted by atomic mass is 16.5. The molecule has 6 atom stereocenters. The van der Waals surface area contributed by atoms with Crippen molar-refractivity contribution in [1.82, 2.24) is 20.4 Å². The van der Waals surface area contributed by atoms with Gasteiger partial charge in [0.15, 0.2) is 0 Å². The number of nitrogens with zero attached hydrogens (tertiary/aromatic N) is 2. The van der Waals surface area contributed by atoms with Gasteiger partial charge in [-0.05, 0) is 87.2 Å². The van der Waals surface area contributed by atoms with Gasteiger partial charge in [0.1, 0.15) is 6.04 Å². The molecule has 1 heterocycles. The molecule has 0 aliphatic carbocycles. The van der Waals surface area contributed by atoms with E-state index < -0.39 is 6.04 Å². The molecular weight excluding hydrogens is 616 g/mol. The summed E-state index contributed by atoms with van der Waals surface area (Å²) in [5.74, 6) is -0.781. The van der Waals surface area contributed by atoms with Crippen molar-refractivity contribution in [3.8, 4) is 0 Å². The van der Waals surface area contributed by atoms with E-state index in [9.17, 15) is 19.2 Å². The Morgan fingerprint density at radius 3 is 2.29 bits per heavy atom. The largest absolute Gasteiger partial charge is 0.469 e. The first-order valence-electron chi connectivity index (χ1n) is 18.1. The van der Waals surface area contributed by atoms with E-state index in [4.69, 9.17) is 4.74 Å². The fourth-order valence-corrected chi connectivity index (χ4v) is 6.96. The van der Waals surface area contributed by atoms with Crippen LogP contribution in [-0.4, -0.2) is 85.4 Å². The minimum atomic E-state index is -0.586. The van der Waals surface area contributed by atoms with E-state index in [1.807, 2.05) is 81.4 Å². The molecule has 0 saturated carbocycles. The van der Waals surface area contributed by atoms with E-state index in [0.717, 1.165) is 43.4 Å². The van der Waals surface area contributed by atoms with Crippen LogP contribution in [0.4, 0.5) is 0 Å². The van der Waals surface area contributed by atoms with Crippen LogP contribution >= 0.6 is 0 Å². The van der Waals surface area contributed by atoms with Crippen LogP contribution in [0.25, 0.3) is 0 Å². The highest BCUT2D eigenvalue weighted by Crippen LogP contribution is 2.22. The van der Waals surface area contributed by atoms with E-state index in [2.05, 4.69) is 36.3 Å². The molecule has 1 saturated heterocycles. The molecule has 3 amide bonds. The third kappa shape index (κ3) is 11.7. The Bertz CT molecular complexity index is 1370. The second kappa shape index (κ2) is 19.5. The highest BCUT2D eigenvalue weighted by Gasteiger charge is 2.35. The summed E-state index contributed by atoms with van der Waals surface area (Å²) in [5, 5.41) is 6.31. The lowest BCUT2D eigenvalue weighted by molar-refractivity contribution is -0.145. The molecule has 2 aromatic rings. The smallest absolute Gasteiger partial charge is 0.308 e. The number of likely N-dealkylation sites (N-methyl/N-ethyl adjacent to an activating group) is 2. The lowest BCUT2D eigenvalue weighted by Gasteiger charge is -2.37. The molecule has 0 unspecified atom stereocenters. The highest BCUT2D eigenvalue weighted by molar-refractivity contribution is 5.94. The number of carbonyl (C=O) groups is 4. The molecule has 2 aromatic carbocycles. The van der Waals surface area contributed by atoms with Gasteiger partial charge in [0, 0.05) is 24.7 Å². The number of methoxy groups -OCH3 is 1. The Kier molecular flexibility index (Phi) is 15.8. The summed E-state index contributed by atoms with van der Waals surface area (Å²) in [6, 6.07) is 16.5. The van der Waals surface area contributed by atoms with Crippen LogP contribution in [0, 0.1) is 17.8 Å². The fourth-order valence-electron chi connectivity index (χ4n) is 6.96. The molecular formula is C40H60N4O5. The second-order valence-corrected chi connectivity index (χ2v) is 14.4. The Labute approximate surface area is 294 Å². The summed E-state index contributed by atoms with van der Waals surface area (Å²) in [4.78, 5) is 57.0. The van der Waals surface area contributed by atoms with Crippen LogP contribution in [0.2, 0.25) is 0 Å². The third-order valence-electron chi connectivity index (χ3n) is 10.3. The van der Waals surface area contributed by atoms with Gasteiger partial charge in [-0.25, -0.2) is 0 Å². The molecule has 1 aliphatic rings. The zero-order valence-corrected chi connectivity index (χ0v) is 31.0. The molecule has 3 rings (SSSR count). The topological polar surface area (TPSA) is 108 Å². The molecule has 49 heavy (non-hydrogen) atoms. The second-order valence-electron chi connectivity index (χ2n) is 14.4. The molecule has 2 N–H and O–H groups in total. The number of ether oxygens (including phenoxy) is 1. The average Bonchev–Trinajstić information content (AvgIpc) is 3.09. The van der Waals surface area contributed by atoms with Crippen LogP contribution in [0.15, 0.2) is 54.6 Å². The van der Waals surface area contributed by atoms with Gasteiger partial charge in [-0.2, -0.15) is 0 Å². The SMILES string of the molecule is CC[C@H](C)[C@H](NC(=O)[C@H]1CCCCN1C)C(=O)N(C)[C@H](CCc1cccc(C(=O)N[C@@H](Cc2ccccc2)C[C@H](C)C(=O)OC)c1)C(C)C. The Morgan fingerprint density at radius 1 is 0.959 bits per heavy atom. The third-order valence-corrected chi connectivity index (χ3v) is 10.3. The summed E-state index contributed by atoms with van der Waals surface area (Å²) in [6.07, 6.45) is 6.15. The first kappa shape index (κ1) is 39.7. The maximum Gasteiger partial charge on any atom is 0.308 e. The van der Waals surface area contributed by atoms with Crippen LogP contribution < -0.4 is 10.6 Å². The van der Waals surface area contributed by atoms with Gasteiger partial charge in [-0.3, -0.25) is 24.1 Å². The molecule has 0 radical (unpaired) electrons. The number of carbonyl (C=O) groups excluding carboxylic acids is 4. The minimum Gasteiger partial charge on any atom is -0.469 e. The number of esters is 1. The van der Waals surface area contributed by atoms with Crippen molar-refractivity contribution in [3.05, 3.63) is 71.3 Å². The number of likely N-dealkylation sites (tertiary alicyclic amines) is 1. The number of piperidine rings is 1. The summed E-state index contributed by atoms with van der Waals surface area (Å²) in [7, 11) is 5.22. The number of benzene rings is 2. The summed E-state index contributed by atoms with van der Waals surface area (Å²) < 4.78 is 4.94. The van der Waals surface area contributed by atoms with Crippen molar-refractivity contribution in [2.24, 2.45) is 17.8 Å². The number of aryl methyl sites for hydroxylation is 1. The maximum absolute atomic E-state index is 14.0. The summed E-state index contributed by atoms with van der Waals surface area (Å²) >= 11 is 0. The van der Waals surface area contributed by atoms with Crippen molar-refractivity contribution >= 4 is 23.7 Å². The summed E-state index contributed by atoms with van der Waals surface area (Å²) in [5.41, 5.74) is 2.64. The first-order chi connectivity index (χ1) is 23.4. The van der Waals surface area contributed by atoms with Crippen LogP contribution in [-0.2, 0) is 32.0 Å². The monoisotopic (exact) mass is 676 g/mol. The molecule has 0 aromatic heterocycles. The quantitative estimate of drug-likeness (QED) is 0.210. The minimum absolute atomic E-state index is 0.00266. The van der Waals surface area contributed by atoms with Gasteiger partial charge in [0.05, 0.1) is 19.1 Å². The zero-order chi connectivity index (χ0) is 36.1. The van der Waals surface area contributed by atoms with Gasteiger partial charge >= 0.3 is 5.97 Å². The van der Waals surface area contributed by atoms with Gasteiger partial charge < -0.3 is 20.3 Å². The van der Waals surface area contributed by atoms with E-state index >= 15 is 0 Å². The Morgan fingerprint density at radius 2 is 1.65 bits per heavy atom.